The van der Waals surface area contributed by atoms with E-state index in [2.05, 4.69) is 11.4 Å². The highest BCUT2D eigenvalue weighted by molar-refractivity contribution is 8.93. The first-order chi connectivity index (χ1) is 12.2. The lowest BCUT2D eigenvalue weighted by atomic mass is 9.75. The molecule has 1 aromatic carbocycles. The third-order valence-electron chi connectivity index (χ3n) is 6.39. The van der Waals surface area contributed by atoms with Crippen LogP contribution in [0.15, 0.2) is 18.2 Å². The second-order valence-electron chi connectivity index (χ2n) is 8.00. The first-order valence-electron chi connectivity index (χ1n) is 9.58. The van der Waals surface area contributed by atoms with Crippen molar-refractivity contribution < 1.29 is 10.2 Å². The van der Waals surface area contributed by atoms with Crippen LogP contribution in [-0.4, -0.2) is 16.3 Å². The predicted molar refractivity (Wildman–Crippen MR) is 111 cm³/mol. The van der Waals surface area contributed by atoms with Crippen LogP contribution in [0.1, 0.15) is 64.5 Å². The number of rotatable bonds is 2. The summed E-state index contributed by atoms with van der Waals surface area (Å²) in [6.45, 7) is 0.969. The maximum absolute atomic E-state index is 10.0. The second kappa shape index (κ2) is 7.17. The Morgan fingerprint density at radius 1 is 1.00 bits per heavy atom. The van der Waals surface area contributed by atoms with E-state index in [0.717, 1.165) is 25.3 Å². The molecule has 0 saturated heterocycles. The molecule has 0 unspecified atom stereocenters. The lowest BCUT2D eigenvalue weighted by molar-refractivity contribution is 0.383. The molecule has 5 rings (SSSR count). The summed E-state index contributed by atoms with van der Waals surface area (Å²) in [5.74, 6) is 1.22. The summed E-state index contributed by atoms with van der Waals surface area (Å²) in [4.78, 5) is 3.03. The minimum absolute atomic E-state index is 0. The molecule has 1 aromatic heterocycles. The number of aromatic hydroxyl groups is 2. The van der Waals surface area contributed by atoms with E-state index in [1.165, 1.54) is 58.5 Å². The molecule has 140 valence electrons. The molecule has 5 heteroatoms. The van der Waals surface area contributed by atoms with Gasteiger partial charge in [0.1, 0.15) is 0 Å². The van der Waals surface area contributed by atoms with E-state index in [9.17, 15) is 10.2 Å². The van der Waals surface area contributed by atoms with Gasteiger partial charge in [-0.25, -0.2) is 0 Å². The Labute approximate surface area is 169 Å². The standard InChI is InChI=1S/C21H25NO2S.BrH/c23-18-9-13-5-6-17-20(16(13)10-19(18)24)21-14(11-22-17)8-15(25-21)7-12-3-1-2-4-12;/h8-10,12,17,20,22-24H,1-7,11H2;1H/t17-,20-;/m1./s1. The van der Waals surface area contributed by atoms with Gasteiger partial charge < -0.3 is 15.5 Å². The molecule has 2 heterocycles. The molecule has 2 aliphatic carbocycles. The number of hydrogen-bond acceptors (Lipinski definition) is 4. The van der Waals surface area contributed by atoms with Crippen LogP contribution in [0.5, 0.6) is 11.5 Å². The predicted octanol–water partition coefficient (Wildman–Crippen LogP) is 5.02. The van der Waals surface area contributed by atoms with Crippen LogP contribution >= 0.6 is 28.3 Å². The van der Waals surface area contributed by atoms with Gasteiger partial charge in [-0.2, -0.15) is 0 Å². The van der Waals surface area contributed by atoms with Gasteiger partial charge in [0.15, 0.2) is 11.5 Å². The summed E-state index contributed by atoms with van der Waals surface area (Å²) in [6, 6.07) is 6.44. The summed E-state index contributed by atoms with van der Waals surface area (Å²) in [5.41, 5.74) is 3.84. The van der Waals surface area contributed by atoms with Gasteiger partial charge in [0.2, 0.25) is 0 Å². The van der Waals surface area contributed by atoms with Gasteiger partial charge in [0, 0.05) is 28.3 Å². The summed E-state index contributed by atoms with van der Waals surface area (Å²) in [7, 11) is 0. The average Bonchev–Trinajstić information content (AvgIpc) is 3.25. The van der Waals surface area contributed by atoms with Crippen LogP contribution in [0, 0.1) is 5.92 Å². The summed E-state index contributed by atoms with van der Waals surface area (Å²) < 4.78 is 0. The highest BCUT2D eigenvalue weighted by atomic mass is 79.9. The van der Waals surface area contributed by atoms with Gasteiger partial charge in [0.25, 0.3) is 0 Å². The molecule has 1 saturated carbocycles. The fourth-order valence-corrected chi connectivity index (χ4v) is 6.61. The lowest BCUT2D eigenvalue weighted by Gasteiger charge is -2.38. The number of nitrogens with one attached hydrogen (secondary N) is 1. The largest absolute Gasteiger partial charge is 0.504 e. The first kappa shape index (κ1) is 18.3. The average molecular weight is 436 g/mol. The Kier molecular flexibility index (Phi) is 5.06. The SMILES string of the molecule is Br.Oc1cc2c(cc1O)[C@H]1c3sc(CC4CCCC4)cc3CN[C@@H]1CC2. The van der Waals surface area contributed by atoms with Crippen molar-refractivity contribution in [2.75, 3.05) is 0 Å². The van der Waals surface area contributed by atoms with E-state index < -0.39 is 0 Å². The monoisotopic (exact) mass is 435 g/mol. The number of aryl methyl sites for hydroxylation is 1. The Bertz CT molecular complexity index is 813. The number of phenols is 2. The van der Waals surface area contributed by atoms with E-state index in [1.54, 1.807) is 12.1 Å². The molecule has 3 nitrogen and oxygen atoms in total. The zero-order valence-corrected chi connectivity index (χ0v) is 17.4. The van der Waals surface area contributed by atoms with Gasteiger partial charge in [-0.3, -0.25) is 0 Å². The minimum atomic E-state index is 0. The molecule has 1 fully saturated rings. The third-order valence-corrected chi connectivity index (χ3v) is 7.68. The van der Waals surface area contributed by atoms with Gasteiger partial charge in [-0.15, -0.1) is 28.3 Å². The van der Waals surface area contributed by atoms with E-state index in [4.69, 9.17) is 0 Å². The lowest BCUT2D eigenvalue weighted by Crippen LogP contribution is -2.41. The van der Waals surface area contributed by atoms with Crippen LogP contribution in [0.4, 0.5) is 0 Å². The van der Waals surface area contributed by atoms with Crippen LogP contribution in [-0.2, 0) is 19.4 Å². The maximum Gasteiger partial charge on any atom is 0.157 e. The molecular formula is C21H26BrNO2S. The van der Waals surface area contributed by atoms with Crippen molar-refractivity contribution in [2.24, 2.45) is 5.92 Å². The van der Waals surface area contributed by atoms with Crippen LogP contribution in [0.3, 0.4) is 0 Å². The smallest absolute Gasteiger partial charge is 0.157 e. The van der Waals surface area contributed by atoms with Crippen molar-refractivity contribution in [3.8, 4) is 11.5 Å². The zero-order chi connectivity index (χ0) is 17.0. The number of thiophene rings is 1. The van der Waals surface area contributed by atoms with Crippen molar-refractivity contribution in [3.05, 3.63) is 44.6 Å². The van der Waals surface area contributed by atoms with E-state index in [1.807, 2.05) is 11.3 Å². The molecule has 2 aromatic rings. The van der Waals surface area contributed by atoms with Crippen LogP contribution in [0.25, 0.3) is 0 Å². The molecule has 0 radical (unpaired) electrons. The molecule has 3 aliphatic rings. The zero-order valence-electron chi connectivity index (χ0n) is 14.8. The molecule has 0 spiro atoms. The highest BCUT2D eigenvalue weighted by Crippen LogP contribution is 2.47. The third kappa shape index (κ3) is 3.08. The Morgan fingerprint density at radius 2 is 1.77 bits per heavy atom. The molecule has 0 amide bonds. The number of benzene rings is 1. The summed E-state index contributed by atoms with van der Waals surface area (Å²) in [6.07, 6.45) is 8.88. The molecule has 1 aliphatic heterocycles. The number of fused-ring (bicyclic) bond motifs is 5. The second-order valence-corrected chi connectivity index (χ2v) is 9.17. The Hall–Kier alpha value is -1.04. The maximum atomic E-state index is 10.0. The van der Waals surface area contributed by atoms with Crippen molar-refractivity contribution in [3.63, 3.8) is 0 Å². The topological polar surface area (TPSA) is 52.5 Å². The number of halogens is 1. The van der Waals surface area contributed by atoms with Gasteiger partial charge >= 0.3 is 0 Å². The van der Waals surface area contributed by atoms with E-state index >= 15 is 0 Å². The Balaban J connectivity index is 0.00000168. The summed E-state index contributed by atoms with van der Waals surface area (Å²) >= 11 is 2.00. The molecule has 26 heavy (non-hydrogen) atoms. The van der Waals surface area contributed by atoms with Crippen LogP contribution < -0.4 is 5.32 Å². The van der Waals surface area contributed by atoms with Gasteiger partial charge in [0.05, 0.1) is 0 Å². The first-order valence-corrected chi connectivity index (χ1v) is 10.4. The molecule has 0 bridgehead atoms. The van der Waals surface area contributed by atoms with Crippen molar-refractivity contribution in [1.29, 1.82) is 0 Å². The van der Waals surface area contributed by atoms with Gasteiger partial charge in [-0.1, -0.05) is 25.7 Å². The van der Waals surface area contributed by atoms with Crippen LogP contribution in [0.2, 0.25) is 0 Å². The number of hydrogen-bond donors (Lipinski definition) is 3. The van der Waals surface area contributed by atoms with Crippen molar-refractivity contribution in [1.82, 2.24) is 5.32 Å². The van der Waals surface area contributed by atoms with E-state index in [-0.39, 0.29) is 28.5 Å². The molecule has 2 atom stereocenters. The normalized spacial score (nSPS) is 24.5. The quantitative estimate of drug-likeness (QED) is 0.580. The highest BCUT2D eigenvalue weighted by Gasteiger charge is 2.37. The fourth-order valence-electron chi connectivity index (χ4n) is 5.12. The molecular weight excluding hydrogens is 410 g/mol. The minimum Gasteiger partial charge on any atom is -0.504 e. The van der Waals surface area contributed by atoms with Crippen molar-refractivity contribution in [2.45, 2.75) is 63.5 Å². The Morgan fingerprint density at radius 3 is 2.58 bits per heavy atom. The summed E-state index contributed by atoms with van der Waals surface area (Å²) in [5, 5.41) is 23.6. The van der Waals surface area contributed by atoms with Gasteiger partial charge in [-0.05, 0) is 60.1 Å². The fraction of sp³-hybridized carbons (Fsp3) is 0.524. The number of phenolic OH excluding ortho intramolecular Hbond substituents is 2. The molecule has 3 N–H and O–H groups in total. The van der Waals surface area contributed by atoms with E-state index in [0.29, 0.717) is 12.0 Å². The van der Waals surface area contributed by atoms with Crippen molar-refractivity contribution >= 4 is 28.3 Å².